The first-order valence-corrected chi connectivity index (χ1v) is 11.9. The molecule has 2 rings (SSSR count). The van der Waals surface area contributed by atoms with Gasteiger partial charge in [0.25, 0.3) is 0 Å². The molecule has 0 aliphatic rings. The van der Waals surface area contributed by atoms with E-state index < -0.39 is 0 Å². The Morgan fingerprint density at radius 2 is 1.58 bits per heavy atom. The highest BCUT2D eigenvalue weighted by molar-refractivity contribution is 5.76. The Morgan fingerprint density at radius 3 is 2.24 bits per heavy atom. The quantitative estimate of drug-likeness (QED) is 0.329. The van der Waals surface area contributed by atoms with Crippen molar-refractivity contribution in [1.82, 2.24) is 15.5 Å². The van der Waals surface area contributed by atoms with Gasteiger partial charge in [-0.3, -0.25) is 4.79 Å². The van der Waals surface area contributed by atoms with Crippen molar-refractivity contribution in [3.63, 3.8) is 0 Å². The minimum atomic E-state index is -0.169. The molecule has 6 heteroatoms. The van der Waals surface area contributed by atoms with Crippen molar-refractivity contribution < 1.29 is 15.0 Å². The van der Waals surface area contributed by atoms with E-state index >= 15 is 0 Å². The van der Waals surface area contributed by atoms with E-state index in [2.05, 4.69) is 43.5 Å². The van der Waals surface area contributed by atoms with Gasteiger partial charge in [0.15, 0.2) is 0 Å². The second kappa shape index (κ2) is 14.0. The molecular formula is C27H41N3O3. The van der Waals surface area contributed by atoms with Crippen LogP contribution in [-0.2, 0) is 24.2 Å². The number of amides is 1. The minimum Gasteiger partial charge on any atom is -0.508 e. The lowest BCUT2D eigenvalue weighted by atomic mass is 9.96. The Morgan fingerprint density at radius 1 is 0.909 bits per heavy atom. The number of hydrogen-bond acceptors (Lipinski definition) is 5. The molecule has 0 saturated carbocycles. The second-order valence-corrected chi connectivity index (χ2v) is 9.73. The number of aliphatic hydroxyl groups excluding tert-OH is 1. The molecule has 1 amide bonds. The lowest BCUT2D eigenvalue weighted by molar-refractivity contribution is -0.132. The summed E-state index contributed by atoms with van der Waals surface area (Å²) in [5, 5.41) is 25.8. The average molecular weight is 456 g/mol. The Kier molecular flexibility index (Phi) is 11.4. The number of hydrogen-bond donors (Lipinski definition) is 4. The molecule has 0 aliphatic carbocycles. The van der Waals surface area contributed by atoms with Gasteiger partial charge in [-0.2, -0.15) is 0 Å². The van der Waals surface area contributed by atoms with Crippen LogP contribution in [0.1, 0.15) is 43.9 Å². The fraction of sp³-hybridized carbons (Fsp3) is 0.519. The Bertz CT molecular complexity index is 834. The summed E-state index contributed by atoms with van der Waals surface area (Å²) in [5.74, 6) is 0.310. The van der Waals surface area contributed by atoms with Crippen LogP contribution in [0.15, 0.2) is 48.5 Å². The summed E-state index contributed by atoms with van der Waals surface area (Å²) in [6.45, 7) is 10.8. The standard InChI is InChI=1S/C27H41N3O3/c1-27(2,3)21-30(26(33)13-16-28-14-11-22-7-5-4-6-8-22)18-17-29-15-12-23-9-10-25(32)24(19-23)20-31/h4-10,19,28-29,31-32H,11-18,20-21H2,1-3H3. The number of carbonyl (C=O) groups excluding carboxylic acids is 1. The van der Waals surface area contributed by atoms with Crippen LogP contribution in [-0.4, -0.2) is 60.3 Å². The molecule has 0 aromatic heterocycles. The first-order chi connectivity index (χ1) is 15.8. The van der Waals surface area contributed by atoms with Crippen LogP contribution in [0.5, 0.6) is 5.75 Å². The van der Waals surface area contributed by atoms with Gasteiger partial charge in [-0.25, -0.2) is 0 Å². The van der Waals surface area contributed by atoms with Crippen LogP contribution in [0.2, 0.25) is 0 Å². The zero-order chi connectivity index (χ0) is 24.1. The van der Waals surface area contributed by atoms with E-state index in [-0.39, 0.29) is 23.7 Å². The van der Waals surface area contributed by atoms with Gasteiger partial charge >= 0.3 is 0 Å². The van der Waals surface area contributed by atoms with Gasteiger partial charge in [0.1, 0.15) is 5.75 Å². The van der Waals surface area contributed by atoms with Crippen molar-refractivity contribution in [2.45, 2.75) is 46.6 Å². The van der Waals surface area contributed by atoms with Crippen molar-refractivity contribution in [3.8, 4) is 5.75 Å². The number of nitrogens with zero attached hydrogens (tertiary/aromatic N) is 1. The van der Waals surface area contributed by atoms with Gasteiger partial charge in [-0.05, 0) is 54.6 Å². The molecule has 4 N–H and O–H groups in total. The smallest absolute Gasteiger partial charge is 0.223 e. The Labute approximate surface area is 199 Å². The molecule has 0 heterocycles. The maximum absolute atomic E-state index is 12.9. The summed E-state index contributed by atoms with van der Waals surface area (Å²) in [4.78, 5) is 14.8. The second-order valence-electron chi connectivity index (χ2n) is 9.73. The van der Waals surface area contributed by atoms with E-state index in [1.54, 1.807) is 6.07 Å². The molecule has 0 saturated heterocycles. The molecule has 2 aromatic rings. The van der Waals surface area contributed by atoms with Gasteiger partial charge in [0, 0.05) is 38.2 Å². The van der Waals surface area contributed by atoms with Crippen LogP contribution >= 0.6 is 0 Å². The number of aliphatic hydroxyl groups is 1. The molecule has 0 bridgehead atoms. The number of phenols is 1. The molecule has 0 radical (unpaired) electrons. The summed E-state index contributed by atoms with van der Waals surface area (Å²) >= 11 is 0. The predicted octanol–water partition coefficient (Wildman–Crippen LogP) is 3.11. The van der Waals surface area contributed by atoms with E-state index in [0.29, 0.717) is 25.1 Å². The van der Waals surface area contributed by atoms with Crippen LogP contribution in [0.4, 0.5) is 0 Å². The van der Waals surface area contributed by atoms with Crippen molar-refractivity contribution in [3.05, 3.63) is 65.2 Å². The summed E-state index contributed by atoms with van der Waals surface area (Å²) in [6, 6.07) is 15.7. The normalized spacial score (nSPS) is 11.5. The van der Waals surface area contributed by atoms with Crippen LogP contribution < -0.4 is 10.6 Å². The van der Waals surface area contributed by atoms with Gasteiger partial charge < -0.3 is 25.7 Å². The van der Waals surface area contributed by atoms with Crippen LogP contribution in [0.3, 0.4) is 0 Å². The number of benzene rings is 2. The molecular weight excluding hydrogens is 414 g/mol. The van der Waals surface area contributed by atoms with E-state index in [1.807, 2.05) is 35.2 Å². The zero-order valence-corrected chi connectivity index (χ0v) is 20.4. The van der Waals surface area contributed by atoms with E-state index in [9.17, 15) is 15.0 Å². The topological polar surface area (TPSA) is 84.8 Å². The molecule has 6 nitrogen and oxygen atoms in total. The molecule has 0 aliphatic heterocycles. The molecule has 2 aromatic carbocycles. The number of aromatic hydroxyl groups is 1. The minimum absolute atomic E-state index is 0.0448. The van der Waals surface area contributed by atoms with Crippen molar-refractivity contribution in [1.29, 1.82) is 0 Å². The third-order valence-electron chi connectivity index (χ3n) is 5.43. The number of nitrogens with one attached hydrogen (secondary N) is 2. The van der Waals surface area contributed by atoms with Gasteiger partial charge in [0.2, 0.25) is 5.91 Å². The highest BCUT2D eigenvalue weighted by Crippen LogP contribution is 2.18. The summed E-state index contributed by atoms with van der Waals surface area (Å²) < 4.78 is 0. The molecule has 0 unspecified atom stereocenters. The monoisotopic (exact) mass is 455 g/mol. The van der Waals surface area contributed by atoms with Crippen molar-refractivity contribution >= 4 is 5.91 Å². The van der Waals surface area contributed by atoms with E-state index in [4.69, 9.17) is 0 Å². The Hall–Kier alpha value is -2.41. The predicted molar refractivity (Wildman–Crippen MR) is 134 cm³/mol. The lowest BCUT2D eigenvalue weighted by Gasteiger charge is -2.30. The van der Waals surface area contributed by atoms with Crippen LogP contribution in [0, 0.1) is 5.41 Å². The highest BCUT2D eigenvalue weighted by Gasteiger charge is 2.20. The summed E-state index contributed by atoms with van der Waals surface area (Å²) in [7, 11) is 0. The first kappa shape index (κ1) is 26.8. The maximum atomic E-state index is 12.9. The zero-order valence-electron chi connectivity index (χ0n) is 20.4. The van der Waals surface area contributed by atoms with Gasteiger partial charge in [-0.1, -0.05) is 57.2 Å². The Balaban J connectivity index is 1.70. The average Bonchev–Trinajstić information content (AvgIpc) is 2.78. The van der Waals surface area contributed by atoms with E-state index in [0.717, 1.165) is 44.6 Å². The van der Waals surface area contributed by atoms with Crippen LogP contribution in [0.25, 0.3) is 0 Å². The maximum Gasteiger partial charge on any atom is 0.223 e. The first-order valence-electron chi connectivity index (χ1n) is 11.9. The number of rotatable bonds is 14. The van der Waals surface area contributed by atoms with Gasteiger partial charge in [0.05, 0.1) is 6.61 Å². The third-order valence-corrected chi connectivity index (χ3v) is 5.43. The summed E-state index contributed by atoms with van der Waals surface area (Å²) in [5.41, 5.74) is 2.96. The molecule has 0 fully saturated rings. The van der Waals surface area contributed by atoms with Crippen molar-refractivity contribution in [2.75, 3.05) is 39.3 Å². The van der Waals surface area contributed by atoms with Gasteiger partial charge in [-0.15, -0.1) is 0 Å². The largest absolute Gasteiger partial charge is 0.508 e. The molecule has 0 spiro atoms. The third kappa shape index (κ3) is 10.8. The lowest BCUT2D eigenvalue weighted by Crippen LogP contribution is -2.42. The fourth-order valence-corrected chi connectivity index (χ4v) is 3.71. The molecule has 33 heavy (non-hydrogen) atoms. The highest BCUT2D eigenvalue weighted by atomic mass is 16.3. The van der Waals surface area contributed by atoms with E-state index in [1.165, 1.54) is 5.56 Å². The number of carbonyl (C=O) groups is 1. The molecule has 182 valence electrons. The SMILES string of the molecule is CC(C)(C)CN(CCNCCc1ccc(O)c(CO)c1)C(=O)CCNCCc1ccccc1. The molecule has 0 atom stereocenters. The fourth-order valence-electron chi connectivity index (χ4n) is 3.71. The van der Waals surface area contributed by atoms with Crippen molar-refractivity contribution in [2.24, 2.45) is 5.41 Å². The summed E-state index contributed by atoms with van der Waals surface area (Å²) in [6.07, 6.45) is 2.26.